The molecule has 0 saturated carbocycles. The molecule has 0 aromatic heterocycles. The Morgan fingerprint density at radius 2 is 2.00 bits per heavy atom. The first kappa shape index (κ1) is 10.5. The summed E-state index contributed by atoms with van der Waals surface area (Å²) in [6, 6.07) is 12.2. The highest BCUT2D eigenvalue weighted by atomic mass is 14.2. The van der Waals surface area contributed by atoms with Crippen molar-refractivity contribution >= 4 is 5.57 Å². The number of hydrogen-bond acceptors (Lipinski definition) is 1. The van der Waals surface area contributed by atoms with Gasteiger partial charge in [0.1, 0.15) is 0 Å². The number of hydrogen-bond donors (Lipinski definition) is 0. The minimum Gasteiger partial charge on any atom is -0.193 e. The lowest BCUT2D eigenvalue weighted by Crippen LogP contribution is -1.91. The monoisotopic (exact) mass is 185 g/mol. The van der Waals surface area contributed by atoms with Crippen LogP contribution in [-0.2, 0) is 0 Å². The molecule has 0 aliphatic carbocycles. The van der Waals surface area contributed by atoms with E-state index in [2.05, 4.69) is 19.9 Å². The van der Waals surface area contributed by atoms with Crippen LogP contribution in [0.1, 0.15) is 25.8 Å². The van der Waals surface area contributed by atoms with Crippen molar-refractivity contribution < 1.29 is 0 Å². The molecule has 0 radical (unpaired) electrons. The molecule has 1 aromatic carbocycles. The molecule has 0 bridgehead atoms. The van der Waals surface area contributed by atoms with Gasteiger partial charge in [0.25, 0.3) is 0 Å². The lowest BCUT2D eigenvalue weighted by Gasteiger charge is -2.08. The third-order valence-corrected chi connectivity index (χ3v) is 2.01. The zero-order valence-electron chi connectivity index (χ0n) is 8.70. The molecule has 0 unspecified atom stereocenters. The Bertz CT molecular complexity index is 341. The van der Waals surface area contributed by atoms with E-state index in [1.807, 2.05) is 30.3 Å². The average molecular weight is 185 g/mol. The van der Waals surface area contributed by atoms with Crippen LogP contribution in [0.4, 0.5) is 0 Å². The molecule has 0 aliphatic heterocycles. The summed E-state index contributed by atoms with van der Waals surface area (Å²) in [7, 11) is 0. The zero-order chi connectivity index (χ0) is 10.4. The van der Waals surface area contributed by atoms with Gasteiger partial charge >= 0.3 is 0 Å². The van der Waals surface area contributed by atoms with E-state index in [0.717, 1.165) is 17.6 Å². The Hall–Kier alpha value is -1.55. The van der Waals surface area contributed by atoms with Crippen LogP contribution in [-0.4, -0.2) is 0 Å². The minimum atomic E-state index is 0.579. The number of nitrogens with zero attached hydrogens (tertiary/aromatic N) is 1. The largest absolute Gasteiger partial charge is 0.193 e. The van der Waals surface area contributed by atoms with Gasteiger partial charge in [-0.15, -0.1) is 0 Å². The van der Waals surface area contributed by atoms with Gasteiger partial charge in [-0.1, -0.05) is 44.2 Å². The number of benzene rings is 1. The molecule has 1 rings (SSSR count). The first-order valence-electron chi connectivity index (χ1n) is 4.88. The van der Waals surface area contributed by atoms with Crippen LogP contribution < -0.4 is 0 Å². The van der Waals surface area contributed by atoms with Gasteiger partial charge in [0.15, 0.2) is 0 Å². The van der Waals surface area contributed by atoms with E-state index in [4.69, 9.17) is 5.26 Å². The van der Waals surface area contributed by atoms with Crippen LogP contribution in [0.2, 0.25) is 0 Å². The van der Waals surface area contributed by atoms with Crippen molar-refractivity contribution in [3.8, 4) is 6.07 Å². The van der Waals surface area contributed by atoms with Gasteiger partial charge in [-0.25, -0.2) is 0 Å². The van der Waals surface area contributed by atoms with Crippen molar-refractivity contribution in [2.45, 2.75) is 20.3 Å². The van der Waals surface area contributed by atoms with E-state index in [-0.39, 0.29) is 0 Å². The fourth-order valence-electron chi connectivity index (χ4n) is 1.43. The molecule has 14 heavy (non-hydrogen) atoms. The first-order valence-corrected chi connectivity index (χ1v) is 4.88. The summed E-state index contributed by atoms with van der Waals surface area (Å²) in [6.45, 7) is 4.32. The van der Waals surface area contributed by atoms with Gasteiger partial charge in [-0.05, 0) is 23.5 Å². The van der Waals surface area contributed by atoms with E-state index >= 15 is 0 Å². The molecule has 0 aliphatic rings. The molecule has 1 aromatic rings. The van der Waals surface area contributed by atoms with Gasteiger partial charge in [-0.2, -0.15) is 5.26 Å². The molecule has 0 spiro atoms. The maximum absolute atomic E-state index is 8.68. The van der Waals surface area contributed by atoms with Gasteiger partial charge < -0.3 is 0 Å². The Kier molecular flexibility index (Phi) is 3.94. The molecule has 0 fully saturated rings. The van der Waals surface area contributed by atoms with E-state index in [1.54, 1.807) is 6.08 Å². The maximum atomic E-state index is 8.68. The predicted molar refractivity (Wildman–Crippen MR) is 59.5 cm³/mol. The van der Waals surface area contributed by atoms with Crippen molar-refractivity contribution in [2.24, 2.45) is 5.92 Å². The molecule has 0 amide bonds. The fraction of sp³-hybridized carbons (Fsp3) is 0.308. The van der Waals surface area contributed by atoms with E-state index < -0.39 is 0 Å². The summed E-state index contributed by atoms with van der Waals surface area (Å²) in [6.07, 6.45) is 2.60. The van der Waals surface area contributed by atoms with Crippen molar-refractivity contribution in [2.75, 3.05) is 0 Å². The Balaban J connectivity index is 2.91. The highest BCUT2D eigenvalue weighted by Crippen LogP contribution is 2.21. The molecule has 0 heterocycles. The van der Waals surface area contributed by atoms with Crippen LogP contribution in [0.15, 0.2) is 36.4 Å². The van der Waals surface area contributed by atoms with E-state index in [1.165, 1.54) is 0 Å². The smallest absolute Gasteiger partial charge is 0.0915 e. The van der Waals surface area contributed by atoms with Crippen molar-refractivity contribution in [1.82, 2.24) is 0 Å². The normalized spacial score (nSPS) is 11.4. The lowest BCUT2D eigenvalue weighted by atomic mass is 9.96. The average Bonchev–Trinajstić information content (AvgIpc) is 2.18. The third kappa shape index (κ3) is 3.06. The first-order chi connectivity index (χ1) is 6.74. The Labute approximate surface area is 85.7 Å². The second-order valence-corrected chi connectivity index (χ2v) is 3.76. The van der Waals surface area contributed by atoms with E-state index in [0.29, 0.717) is 5.92 Å². The van der Waals surface area contributed by atoms with Crippen LogP contribution in [0.3, 0.4) is 0 Å². The highest BCUT2D eigenvalue weighted by Gasteiger charge is 2.03. The zero-order valence-corrected chi connectivity index (χ0v) is 8.70. The lowest BCUT2D eigenvalue weighted by molar-refractivity contribution is 0.673. The minimum absolute atomic E-state index is 0.579. The van der Waals surface area contributed by atoms with Gasteiger partial charge in [-0.3, -0.25) is 0 Å². The highest BCUT2D eigenvalue weighted by molar-refractivity contribution is 5.67. The van der Waals surface area contributed by atoms with Gasteiger partial charge in [0, 0.05) is 6.08 Å². The van der Waals surface area contributed by atoms with Gasteiger partial charge in [0.2, 0.25) is 0 Å². The number of nitriles is 1. The van der Waals surface area contributed by atoms with Crippen LogP contribution in [0, 0.1) is 17.2 Å². The van der Waals surface area contributed by atoms with Crippen LogP contribution in [0.25, 0.3) is 5.57 Å². The standard InChI is InChI=1S/C13H15N/c1-11(2)10-13(8-9-14)12-6-4-3-5-7-12/h3-8,11H,10H2,1-2H3/b13-8-. The SMILES string of the molecule is CC(C)C/C(=C/C#N)c1ccccc1. The van der Waals surface area contributed by atoms with E-state index in [9.17, 15) is 0 Å². The molecule has 0 N–H and O–H groups in total. The molecule has 72 valence electrons. The van der Waals surface area contributed by atoms with Crippen LogP contribution >= 0.6 is 0 Å². The predicted octanol–water partition coefficient (Wildman–Crippen LogP) is 3.64. The molecule has 0 atom stereocenters. The summed E-state index contributed by atoms with van der Waals surface area (Å²) >= 11 is 0. The summed E-state index contributed by atoms with van der Waals surface area (Å²) in [4.78, 5) is 0. The summed E-state index contributed by atoms with van der Waals surface area (Å²) in [5, 5.41) is 8.68. The second kappa shape index (κ2) is 5.24. The summed E-state index contributed by atoms with van der Waals surface area (Å²) in [5.41, 5.74) is 2.28. The molecule has 0 saturated heterocycles. The summed E-state index contributed by atoms with van der Waals surface area (Å²) < 4.78 is 0. The number of allylic oxidation sites excluding steroid dienone is 2. The maximum Gasteiger partial charge on any atom is 0.0915 e. The van der Waals surface area contributed by atoms with Crippen molar-refractivity contribution in [3.63, 3.8) is 0 Å². The van der Waals surface area contributed by atoms with Crippen molar-refractivity contribution in [1.29, 1.82) is 5.26 Å². The fourth-order valence-corrected chi connectivity index (χ4v) is 1.43. The summed E-state index contributed by atoms with van der Waals surface area (Å²) in [5.74, 6) is 0.579. The molecule has 1 heteroatoms. The second-order valence-electron chi connectivity index (χ2n) is 3.76. The topological polar surface area (TPSA) is 23.8 Å². The van der Waals surface area contributed by atoms with Crippen LogP contribution in [0.5, 0.6) is 0 Å². The Morgan fingerprint density at radius 3 is 2.50 bits per heavy atom. The third-order valence-electron chi connectivity index (χ3n) is 2.01. The van der Waals surface area contributed by atoms with Crippen molar-refractivity contribution in [3.05, 3.63) is 42.0 Å². The quantitative estimate of drug-likeness (QED) is 0.659. The Morgan fingerprint density at radius 1 is 1.36 bits per heavy atom. The molecular weight excluding hydrogens is 170 g/mol. The molecule has 1 nitrogen and oxygen atoms in total. The molecular formula is C13H15N. The van der Waals surface area contributed by atoms with Gasteiger partial charge in [0.05, 0.1) is 6.07 Å². The number of rotatable bonds is 3.